The molecule has 0 aliphatic heterocycles. The highest BCUT2D eigenvalue weighted by molar-refractivity contribution is 5.89. The van der Waals surface area contributed by atoms with Gasteiger partial charge in [0, 0.05) is 14.1 Å². The molecule has 0 bridgehead atoms. The second-order valence-electron chi connectivity index (χ2n) is 7.94. The van der Waals surface area contributed by atoms with Crippen LogP contribution in [0.3, 0.4) is 0 Å². The van der Waals surface area contributed by atoms with Crippen LogP contribution in [0.1, 0.15) is 47.5 Å². The Morgan fingerprint density at radius 3 is 2.08 bits per heavy atom. The second-order valence-corrected chi connectivity index (χ2v) is 7.94. The highest BCUT2D eigenvalue weighted by atomic mass is 16.5. The van der Waals surface area contributed by atoms with Gasteiger partial charge in [-0.25, -0.2) is 5.06 Å². The van der Waals surface area contributed by atoms with Crippen molar-refractivity contribution in [3.8, 4) is 0 Å². The van der Waals surface area contributed by atoms with E-state index in [0.29, 0.717) is 17.4 Å². The molecule has 24 heavy (non-hydrogen) atoms. The number of carbonyl (C=O) groups is 3. The van der Waals surface area contributed by atoms with Crippen molar-refractivity contribution in [3.05, 3.63) is 0 Å². The van der Waals surface area contributed by atoms with Crippen LogP contribution < -0.4 is 5.32 Å². The minimum Gasteiger partial charge on any atom is -0.347 e. The maximum atomic E-state index is 12.7. The Labute approximate surface area is 145 Å². The van der Waals surface area contributed by atoms with Gasteiger partial charge in [0.05, 0.1) is 12.5 Å². The molecule has 0 aromatic rings. The zero-order valence-corrected chi connectivity index (χ0v) is 16.0. The van der Waals surface area contributed by atoms with Crippen molar-refractivity contribution < 1.29 is 19.6 Å². The summed E-state index contributed by atoms with van der Waals surface area (Å²) < 4.78 is 0. The first-order valence-corrected chi connectivity index (χ1v) is 8.32. The van der Waals surface area contributed by atoms with E-state index in [2.05, 4.69) is 5.32 Å². The molecule has 0 aliphatic carbocycles. The van der Waals surface area contributed by atoms with Crippen molar-refractivity contribution in [1.82, 2.24) is 15.3 Å². The quantitative estimate of drug-likeness (QED) is 0.377. The van der Waals surface area contributed by atoms with Crippen molar-refractivity contribution in [2.45, 2.75) is 53.5 Å². The average molecular weight is 343 g/mol. The third-order valence-electron chi connectivity index (χ3n) is 3.83. The fourth-order valence-corrected chi connectivity index (χ4v) is 2.28. The molecule has 2 atom stereocenters. The molecule has 0 saturated heterocycles. The molecule has 7 nitrogen and oxygen atoms in total. The van der Waals surface area contributed by atoms with E-state index in [4.69, 9.17) is 0 Å². The van der Waals surface area contributed by atoms with Crippen LogP contribution in [0.25, 0.3) is 0 Å². The number of hydroxylamine groups is 2. The van der Waals surface area contributed by atoms with Gasteiger partial charge in [-0.15, -0.1) is 0 Å². The first-order valence-electron chi connectivity index (χ1n) is 8.32. The van der Waals surface area contributed by atoms with Crippen molar-refractivity contribution >= 4 is 18.2 Å². The lowest BCUT2D eigenvalue weighted by atomic mass is 9.85. The van der Waals surface area contributed by atoms with Crippen molar-refractivity contribution in [3.63, 3.8) is 0 Å². The zero-order chi connectivity index (χ0) is 19.1. The largest absolute Gasteiger partial charge is 0.347 e. The van der Waals surface area contributed by atoms with E-state index in [-0.39, 0.29) is 24.8 Å². The van der Waals surface area contributed by atoms with Gasteiger partial charge in [0.2, 0.25) is 18.2 Å². The Morgan fingerprint density at radius 2 is 1.71 bits per heavy atom. The summed E-state index contributed by atoms with van der Waals surface area (Å²) in [4.78, 5) is 37.2. The fraction of sp³-hybridized carbons (Fsp3) is 0.824. The number of hydrogen-bond acceptors (Lipinski definition) is 4. The summed E-state index contributed by atoms with van der Waals surface area (Å²) in [5, 5.41) is 12.7. The third-order valence-corrected chi connectivity index (χ3v) is 3.83. The first-order chi connectivity index (χ1) is 10.9. The Kier molecular flexibility index (Phi) is 8.96. The zero-order valence-electron chi connectivity index (χ0n) is 16.0. The van der Waals surface area contributed by atoms with Crippen molar-refractivity contribution in [1.29, 1.82) is 0 Å². The molecular formula is C17H33N3O4. The van der Waals surface area contributed by atoms with Crippen LogP contribution >= 0.6 is 0 Å². The van der Waals surface area contributed by atoms with Crippen molar-refractivity contribution in [2.24, 2.45) is 17.3 Å². The Bertz CT molecular complexity index is 430. The maximum Gasteiger partial charge on any atom is 0.245 e. The van der Waals surface area contributed by atoms with E-state index in [0.717, 1.165) is 6.42 Å². The molecule has 140 valence electrons. The number of carbonyl (C=O) groups excluding carboxylic acids is 3. The summed E-state index contributed by atoms with van der Waals surface area (Å²) in [6, 6.07) is -0.676. The summed E-state index contributed by atoms with van der Waals surface area (Å²) in [5.41, 5.74) is -0.455. The fourth-order valence-electron chi connectivity index (χ4n) is 2.28. The summed E-state index contributed by atoms with van der Waals surface area (Å²) in [6.45, 7) is 9.64. The smallest absolute Gasteiger partial charge is 0.245 e. The van der Waals surface area contributed by atoms with Crippen LogP contribution in [0.15, 0.2) is 0 Å². The maximum absolute atomic E-state index is 12.7. The second kappa shape index (κ2) is 9.61. The minimum atomic E-state index is -0.676. The number of rotatable bonds is 9. The van der Waals surface area contributed by atoms with Gasteiger partial charge in [-0.3, -0.25) is 19.6 Å². The molecule has 0 radical (unpaired) electrons. The molecule has 0 aromatic carbocycles. The average Bonchev–Trinajstić information content (AvgIpc) is 2.46. The normalized spacial score (nSPS) is 14.0. The summed E-state index contributed by atoms with van der Waals surface area (Å²) in [7, 11) is 3.29. The standard InChI is InChI=1S/C17H33N3O4/c1-12(2)8-9-13(10-20(24)11-21)15(22)18-14(17(3,4)5)16(23)19(6)7/h11-14,24H,8-10H2,1-7H3,(H,18,22)/t13-,14+/m0/s1. The number of likely N-dealkylation sites (N-methyl/N-ethyl adjacent to an activating group) is 1. The summed E-state index contributed by atoms with van der Waals surface area (Å²) >= 11 is 0. The summed E-state index contributed by atoms with van der Waals surface area (Å²) in [6.07, 6.45) is 1.59. The molecule has 2 N–H and O–H groups in total. The van der Waals surface area contributed by atoms with Gasteiger partial charge in [0.1, 0.15) is 6.04 Å². The van der Waals surface area contributed by atoms with Crippen LogP contribution in [0, 0.1) is 17.3 Å². The van der Waals surface area contributed by atoms with E-state index < -0.39 is 17.4 Å². The van der Waals surface area contributed by atoms with E-state index >= 15 is 0 Å². The lowest BCUT2D eigenvalue weighted by Gasteiger charge is -2.33. The molecule has 0 fully saturated rings. The van der Waals surface area contributed by atoms with Gasteiger partial charge in [-0.05, 0) is 17.8 Å². The van der Waals surface area contributed by atoms with Gasteiger partial charge in [-0.1, -0.05) is 41.0 Å². The lowest BCUT2D eigenvalue weighted by Crippen LogP contribution is -2.55. The molecule has 0 spiro atoms. The molecule has 0 rings (SSSR count). The Hall–Kier alpha value is -1.63. The summed E-state index contributed by atoms with van der Waals surface area (Å²) in [5.74, 6) is -0.686. The van der Waals surface area contributed by atoms with Crippen LogP contribution in [0.4, 0.5) is 0 Å². The van der Waals surface area contributed by atoms with Gasteiger partial charge in [0.25, 0.3) is 0 Å². The minimum absolute atomic E-state index is 0.0882. The van der Waals surface area contributed by atoms with Crippen LogP contribution in [0.5, 0.6) is 0 Å². The number of hydrogen-bond donors (Lipinski definition) is 2. The van der Waals surface area contributed by atoms with Crippen LogP contribution in [-0.2, 0) is 14.4 Å². The first kappa shape index (κ1) is 22.4. The molecule has 0 unspecified atom stereocenters. The number of amides is 3. The molecular weight excluding hydrogens is 310 g/mol. The van der Waals surface area contributed by atoms with E-state index in [9.17, 15) is 19.6 Å². The third kappa shape index (κ3) is 7.77. The molecule has 7 heteroatoms. The van der Waals surface area contributed by atoms with Gasteiger partial charge < -0.3 is 10.2 Å². The lowest BCUT2D eigenvalue weighted by molar-refractivity contribution is -0.155. The van der Waals surface area contributed by atoms with Gasteiger partial charge >= 0.3 is 0 Å². The van der Waals surface area contributed by atoms with E-state index in [1.807, 2.05) is 34.6 Å². The molecule has 3 amide bonds. The highest BCUT2D eigenvalue weighted by Gasteiger charge is 2.35. The van der Waals surface area contributed by atoms with Crippen LogP contribution in [-0.4, -0.2) is 60.1 Å². The Morgan fingerprint density at radius 1 is 1.17 bits per heavy atom. The van der Waals surface area contributed by atoms with Crippen LogP contribution in [0.2, 0.25) is 0 Å². The van der Waals surface area contributed by atoms with Gasteiger partial charge in [0.15, 0.2) is 0 Å². The SMILES string of the molecule is CC(C)CC[C@@H](CN(O)C=O)C(=O)N[C@H](C(=O)N(C)C)C(C)(C)C. The topological polar surface area (TPSA) is 90.0 Å². The van der Waals surface area contributed by atoms with E-state index in [1.165, 1.54) is 4.90 Å². The van der Waals surface area contributed by atoms with E-state index in [1.54, 1.807) is 14.1 Å². The molecule has 0 saturated carbocycles. The molecule has 0 aliphatic rings. The monoisotopic (exact) mass is 343 g/mol. The van der Waals surface area contributed by atoms with Crippen molar-refractivity contribution in [2.75, 3.05) is 20.6 Å². The predicted molar refractivity (Wildman–Crippen MR) is 92.2 cm³/mol. The molecule has 0 aromatic heterocycles. The highest BCUT2D eigenvalue weighted by Crippen LogP contribution is 2.22. The molecule has 0 heterocycles. The van der Waals surface area contributed by atoms with Gasteiger partial charge in [-0.2, -0.15) is 0 Å². The number of nitrogens with zero attached hydrogens (tertiary/aromatic N) is 2. The predicted octanol–water partition coefficient (Wildman–Crippen LogP) is 1.51. The number of nitrogens with one attached hydrogen (secondary N) is 1. The Balaban J connectivity index is 5.21.